The number of unbranched alkanes of at least 4 members (excludes halogenated alkanes) is 8. The minimum Gasteiger partial charge on any atom is -0.481 e. The molecule has 168 valence electrons. The average molecular weight is 403 g/mol. The molecule has 5 heteroatoms. The van der Waals surface area contributed by atoms with Crippen molar-refractivity contribution in [2.24, 2.45) is 5.41 Å². The second-order valence-electron chi connectivity index (χ2n) is 8.39. The first-order valence-corrected chi connectivity index (χ1v) is 11.1. The molecule has 4 N–H and O–H groups in total. The number of carbonyl (C=O) groups is 1. The summed E-state index contributed by atoms with van der Waals surface area (Å²) >= 11 is 0. The van der Waals surface area contributed by atoms with E-state index < -0.39 is 5.97 Å². The van der Waals surface area contributed by atoms with Crippen LogP contribution in [0.2, 0.25) is 0 Å². The zero-order valence-corrected chi connectivity index (χ0v) is 18.5. The molecule has 1 unspecified atom stereocenters. The number of rotatable bonds is 17. The SMILES string of the molecule is CC(C)(CO)CO.CCCCCCC(O)C/C=C\CCCCCCCC(=O)O. The topological polar surface area (TPSA) is 98.0 Å². The largest absolute Gasteiger partial charge is 0.481 e. The summed E-state index contributed by atoms with van der Waals surface area (Å²) < 4.78 is 0. The lowest BCUT2D eigenvalue weighted by atomic mass is 9.97. The van der Waals surface area contributed by atoms with Gasteiger partial charge < -0.3 is 20.4 Å². The van der Waals surface area contributed by atoms with E-state index in [1.54, 1.807) is 13.8 Å². The van der Waals surface area contributed by atoms with Gasteiger partial charge in [-0.25, -0.2) is 0 Å². The van der Waals surface area contributed by atoms with Gasteiger partial charge in [-0.15, -0.1) is 0 Å². The molecular weight excluding hydrogens is 356 g/mol. The lowest BCUT2D eigenvalue weighted by Crippen LogP contribution is -2.20. The summed E-state index contributed by atoms with van der Waals surface area (Å²) in [6.45, 7) is 5.89. The van der Waals surface area contributed by atoms with Crippen molar-refractivity contribution in [1.29, 1.82) is 0 Å². The van der Waals surface area contributed by atoms with Crippen LogP contribution in [-0.4, -0.2) is 45.7 Å². The number of aliphatic hydroxyl groups is 3. The first-order chi connectivity index (χ1) is 13.3. The van der Waals surface area contributed by atoms with Gasteiger partial charge in [-0.3, -0.25) is 4.79 Å². The normalized spacial score (nSPS) is 12.6. The number of hydrogen-bond acceptors (Lipinski definition) is 4. The monoisotopic (exact) mass is 402 g/mol. The van der Waals surface area contributed by atoms with Crippen LogP contribution in [0.5, 0.6) is 0 Å². The predicted octanol–water partition coefficient (Wildman–Crippen LogP) is 5.08. The van der Waals surface area contributed by atoms with Crippen LogP contribution in [0.15, 0.2) is 12.2 Å². The van der Waals surface area contributed by atoms with Crippen LogP contribution < -0.4 is 0 Å². The molecule has 0 aliphatic rings. The van der Waals surface area contributed by atoms with Gasteiger partial charge in [0, 0.05) is 11.8 Å². The molecule has 0 radical (unpaired) electrons. The van der Waals surface area contributed by atoms with Crippen molar-refractivity contribution in [2.45, 2.75) is 110 Å². The number of aliphatic carboxylic acids is 1. The van der Waals surface area contributed by atoms with Crippen molar-refractivity contribution in [3.8, 4) is 0 Å². The van der Waals surface area contributed by atoms with Crippen LogP contribution in [0.1, 0.15) is 104 Å². The maximum Gasteiger partial charge on any atom is 0.303 e. The molecule has 0 aliphatic heterocycles. The average Bonchev–Trinajstić information content (AvgIpc) is 2.67. The van der Waals surface area contributed by atoms with Crippen molar-refractivity contribution in [1.82, 2.24) is 0 Å². The van der Waals surface area contributed by atoms with E-state index in [1.807, 2.05) is 0 Å². The zero-order chi connectivity index (χ0) is 21.7. The van der Waals surface area contributed by atoms with Crippen molar-refractivity contribution in [2.75, 3.05) is 13.2 Å². The highest BCUT2D eigenvalue weighted by molar-refractivity contribution is 5.66. The molecule has 5 nitrogen and oxygen atoms in total. The van der Waals surface area contributed by atoms with E-state index in [2.05, 4.69) is 19.1 Å². The van der Waals surface area contributed by atoms with E-state index in [1.165, 1.54) is 25.7 Å². The Hall–Kier alpha value is -0.910. The fourth-order valence-electron chi connectivity index (χ4n) is 2.41. The summed E-state index contributed by atoms with van der Waals surface area (Å²) in [5.41, 5.74) is -0.306. The van der Waals surface area contributed by atoms with Gasteiger partial charge in [0.05, 0.1) is 19.3 Å². The Labute approximate surface area is 172 Å². The van der Waals surface area contributed by atoms with E-state index in [-0.39, 0.29) is 24.7 Å². The molecule has 0 aliphatic carbocycles. The molecule has 0 aromatic carbocycles. The van der Waals surface area contributed by atoms with Gasteiger partial charge in [-0.1, -0.05) is 77.9 Å². The number of allylic oxidation sites excluding steroid dienone is 1. The molecule has 0 saturated carbocycles. The van der Waals surface area contributed by atoms with Gasteiger partial charge in [0.25, 0.3) is 0 Å². The molecular formula is C23H46O5. The minimum atomic E-state index is -0.689. The molecule has 0 heterocycles. The van der Waals surface area contributed by atoms with Crippen LogP contribution in [0.4, 0.5) is 0 Å². The summed E-state index contributed by atoms with van der Waals surface area (Å²) in [5.74, 6) is -0.689. The third-order valence-corrected chi connectivity index (χ3v) is 4.58. The maximum atomic E-state index is 10.3. The smallest absolute Gasteiger partial charge is 0.303 e. The fourth-order valence-corrected chi connectivity index (χ4v) is 2.41. The summed E-state index contributed by atoms with van der Waals surface area (Å²) in [7, 11) is 0. The summed E-state index contributed by atoms with van der Waals surface area (Å²) in [5, 5.41) is 35.2. The van der Waals surface area contributed by atoms with Crippen molar-refractivity contribution >= 4 is 5.97 Å². The van der Waals surface area contributed by atoms with Gasteiger partial charge in [-0.2, -0.15) is 0 Å². The Morgan fingerprint density at radius 2 is 1.46 bits per heavy atom. The molecule has 0 aromatic rings. The fraction of sp³-hybridized carbons (Fsp3) is 0.870. The first kappa shape index (κ1) is 29.3. The Kier molecular flexibility index (Phi) is 21.8. The van der Waals surface area contributed by atoms with E-state index in [9.17, 15) is 9.90 Å². The van der Waals surface area contributed by atoms with Gasteiger partial charge in [0.1, 0.15) is 0 Å². The molecule has 0 bridgehead atoms. The maximum absolute atomic E-state index is 10.3. The quantitative estimate of drug-likeness (QED) is 0.201. The summed E-state index contributed by atoms with van der Waals surface area (Å²) in [4.78, 5) is 10.3. The Balaban J connectivity index is 0. The van der Waals surface area contributed by atoms with Crippen LogP contribution in [0, 0.1) is 5.41 Å². The molecule has 28 heavy (non-hydrogen) atoms. The summed E-state index contributed by atoms with van der Waals surface area (Å²) in [6.07, 6.45) is 17.4. The van der Waals surface area contributed by atoms with Gasteiger partial charge in [0.15, 0.2) is 0 Å². The third kappa shape index (κ3) is 25.1. The van der Waals surface area contributed by atoms with Crippen LogP contribution in [-0.2, 0) is 4.79 Å². The lowest BCUT2D eigenvalue weighted by molar-refractivity contribution is -0.137. The number of carboxylic acid groups (broad SMARTS) is 1. The molecule has 0 spiro atoms. The minimum absolute atomic E-state index is 0.0451. The molecule has 0 aromatic heterocycles. The molecule has 0 saturated heterocycles. The number of aliphatic hydroxyl groups excluding tert-OH is 3. The lowest BCUT2D eigenvalue weighted by Gasteiger charge is -2.16. The second-order valence-corrected chi connectivity index (χ2v) is 8.39. The van der Waals surface area contributed by atoms with E-state index in [0.29, 0.717) is 6.42 Å². The number of hydrogen-bond donors (Lipinski definition) is 4. The first-order valence-electron chi connectivity index (χ1n) is 11.1. The van der Waals surface area contributed by atoms with E-state index in [4.69, 9.17) is 15.3 Å². The zero-order valence-electron chi connectivity index (χ0n) is 18.5. The Morgan fingerprint density at radius 1 is 0.893 bits per heavy atom. The van der Waals surface area contributed by atoms with Crippen LogP contribution in [0.3, 0.4) is 0 Å². The standard InChI is InChI=1S/C18H34O3.C5H12O2/c1-2-3-4-11-14-17(19)15-12-9-7-5-6-8-10-13-16-18(20)21;1-5(2,3-6)4-7/h9,12,17,19H,2-8,10-11,13-16H2,1H3,(H,20,21);6-7H,3-4H2,1-2H3/b12-9-;. The third-order valence-electron chi connectivity index (χ3n) is 4.58. The highest BCUT2D eigenvalue weighted by Gasteiger charge is 2.13. The molecule has 0 fully saturated rings. The predicted molar refractivity (Wildman–Crippen MR) is 116 cm³/mol. The van der Waals surface area contributed by atoms with Crippen molar-refractivity contribution < 1.29 is 25.2 Å². The van der Waals surface area contributed by atoms with Crippen LogP contribution >= 0.6 is 0 Å². The molecule has 0 rings (SSSR count). The Bertz CT molecular complexity index is 360. The van der Waals surface area contributed by atoms with Gasteiger partial charge in [-0.05, 0) is 32.1 Å². The van der Waals surface area contributed by atoms with Gasteiger partial charge >= 0.3 is 5.97 Å². The van der Waals surface area contributed by atoms with Gasteiger partial charge in [0.2, 0.25) is 0 Å². The molecule has 1 atom stereocenters. The van der Waals surface area contributed by atoms with E-state index in [0.717, 1.165) is 51.4 Å². The number of carboxylic acids is 1. The van der Waals surface area contributed by atoms with Crippen molar-refractivity contribution in [3.63, 3.8) is 0 Å². The van der Waals surface area contributed by atoms with Crippen molar-refractivity contribution in [3.05, 3.63) is 12.2 Å². The highest BCUT2D eigenvalue weighted by Crippen LogP contribution is 2.11. The second kappa shape index (κ2) is 20.8. The van der Waals surface area contributed by atoms with Crippen LogP contribution in [0.25, 0.3) is 0 Å². The summed E-state index contributed by atoms with van der Waals surface area (Å²) in [6, 6.07) is 0. The molecule has 0 amide bonds. The van der Waals surface area contributed by atoms with E-state index >= 15 is 0 Å². The highest BCUT2D eigenvalue weighted by atomic mass is 16.4. The Morgan fingerprint density at radius 3 is 2.00 bits per heavy atom.